The van der Waals surface area contributed by atoms with Gasteiger partial charge in [-0.3, -0.25) is 0 Å². The van der Waals surface area contributed by atoms with Gasteiger partial charge in [-0.05, 0) is 33.6 Å². The van der Waals surface area contributed by atoms with Gasteiger partial charge >= 0.3 is 0 Å². The SMILES string of the molecule is N#CC(=Cc1cc(Br)c(I)o1)c1ccccc1. The minimum absolute atomic E-state index is 0.586. The molecule has 0 aliphatic heterocycles. The average Bonchev–Trinajstić information content (AvgIpc) is 2.67. The topological polar surface area (TPSA) is 36.9 Å². The molecule has 2 nitrogen and oxygen atoms in total. The van der Waals surface area contributed by atoms with E-state index in [1.807, 2.05) is 36.4 Å². The highest BCUT2D eigenvalue weighted by Crippen LogP contribution is 2.26. The van der Waals surface area contributed by atoms with Crippen LogP contribution in [0.3, 0.4) is 0 Å². The summed E-state index contributed by atoms with van der Waals surface area (Å²) in [6.07, 6.45) is 1.74. The molecule has 0 atom stereocenters. The second-order valence-electron chi connectivity index (χ2n) is 3.31. The number of nitriles is 1. The number of allylic oxidation sites excluding steroid dienone is 1. The first-order valence-electron chi connectivity index (χ1n) is 4.83. The van der Waals surface area contributed by atoms with Gasteiger partial charge < -0.3 is 4.42 Å². The van der Waals surface area contributed by atoms with E-state index >= 15 is 0 Å². The van der Waals surface area contributed by atoms with Crippen molar-refractivity contribution in [2.75, 3.05) is 0 Å². The summed E-state index contributed by atoms with van der Waals surface area (Å²) in [5, 5.41) is 9.14. The van der Waals surface area contributed by atoms with Crippen LogP contribution in [0.2, 0.25) is 0 Å². The van der Waals surface area contributed by atoms with Crippen molar-refractivity contribution in [1.29, 1.82) is 5.26 Å². The molecule has 0 bridgehead atoms. The molecule has 4 heteroatoms. The third-order valence-electron chi connectivity index (χ3n) is 2.16. The normalized spacial score (nSPS) is 11.2. The van der Waals surface area contributed by atoms with Crippen molar-refractivity contribution >= 4 is 50.2 Å². The summed E-state index contributed by atoms with van der Waals surface area (Å²) >= 11 is 5.46. The van der Waals surface area contributed by atoms with Crippen LogP contribution in [0, 0.1) is 15.1 Å². The molecule has 0 aliphatic carbocycles. The van der Waals surface area contributed by atoms with Crippen molar-refractivity contribution in [3.8, 4) is 6.07 Å². The predicted molar refractivity (Wildman–Crippen MR) is 79.1 cm³/mol. The lowest BCUT2D eigenvalue weighted by molar-refractivity contribution is 0.527. The fourth-order valence-electron chi connectivity index (χ4n) is 1.37. The summed E-state index contributed by atoms with van der Waals surface area (Å²) in [5.74, 6) is 0.668. The maximum absolute atomic E-state index is 9.14. The number of rotatable bonds is 2. The Labute approximate surface area is 121 Å². The van der Waals surface area contributed by atoms with E-state index in [0.717, 1.165) is 13.8 Å². The first kappa shape index (κ1) is 12.4. The van der Waals surface area contributed by atoms with Crippen LogP contribution in [-0.2, 0) is 0 Å². The number of hydrogen-bond donors (Lipinski definition) is 0. The number of halogens is 2. The fraction of sp³-hybridized carbons (Fsp3) is 0. The van der Waals surface area contributed by atoms with Crippen molar-refractivity contribution in [1.82, 2.24) is 0 Å². The smallest absolute Gasteiger partial charge is 0.178 e. The number of nitrogens with zero attached hydrogens (tertiary/aromatic N) is 1. The molecular weight excluding hydrogens is 393 g/mol. The summed E-state index contributed by atoms with van der Waals surface area (Å²) < 4.78 is 7.16. The highest BCUT2D eigenvalue weighted by Gasteiger charge is 2.06. The molecule has 17 heavy (non-hydrogen) atoms. The monoisotopic (exact) mass is 399 g/mol. The van der Waals surface area contributed by atoms with Crippen LogP contribution in [0.15, 0.2) is 45.3 Å². The quantitative estimate of drug-likeness (QED) is 0.541. The van der Waals surface area contributed by atoms with Crippen LogP contribution >= 0.6 is 38.5 Å². The van der Waals surface area contributed by atoms with E-state index in [-0.39, 0.29) is 0 Å². The molecular formula is C13H7BrINO. The second-order valence-corrected chi connectivity index (χ2v) is 5.14. The summed E-state index contributed by atoms with van der Waals surface area (Å²) in [4.78, 5) is 0. The van der Waals surface area contributed by atoms with Gasteiger partial charge in [-0.15, -0.1) is 0 Å². The third-order valence-corrected chi connectivity index (χ3v) is 4.29. The first-order valence-corrected chi connectivity index (χ1v) is 6.70. The lowest BCUT2D eigenvalue weighted by atomic mass is 10.1. The van der Waals surface area contributed by atoms with Gasteiger partial charge in [0.05, 0.1) is 16.1 Å². The minimum atomic E-state index is 0.586. The van der Waals surface area contributed by atoms with Crippen molar-refractivity contribution in [2.24, 2.45) is 0 Å². The highest BCUT2D eigenvalue weighted by molar-refractivity contribution is 14.1. The van der Waals surface area contributed by atoms with Crippen molar-refractivity contribution in [3.63, 3.8) is 0 Å². The van der Waals surface area contributed by atoms with Gasteiger partial charge in [-0.25, -0.2) is 0 Å². The van der Waals surface area contributed by atoms with Crippen molar-refractivity contribution in [2.45, 2.75) is 0 Å². The van der Waals surface area contributed by atoms with E-state index in [1.165, 1.54) is 0 Å². The number of hydrogen-bond acceptors (Lipinski definition) is 2. The Morgan fingerprint density at radius 2 is 2.06 bits per heavy atom. The summed E-state index contributed by atoms with van der Waals surface area (Å²) in [6.45, 7) is 0. The Hall–Kier alpha value is -1.06. The van der Waals surface area contributed by atoms with Crippen molar-refractivity contribution in [3.05, 3.63) is 56.0 Å². The third kappa shape index (κ3) is 2.99. The Kier molecular flexibility index (Phi) is 4.02. The molecule has 2 aromatic rings. The van der Waals surface area contributed by atoms with Gasteiger partial charge in [0.1, 0.15) is 5.76 Å². The van der Waals surface area contributed by atoms with Gasteiger partial charge in [-0.1, -0.05) is 30.3 Å². The Morgan fingerprint density at radius 3 is 2.59 bits per heavy atom. The lowest BCUT2D eigenvalue weighted by Crippen LogP contribution is -1.79. The van der Waals surface area contributed by atoms with Crippen LogP contribution in [0.1, 0.15) is 11.3 Å². The predicted octanol–water partition coefficient (Wildman–Crippen LogP) is 4.71. The maximum Gasteiger partial charge on any atom is 0.178 e. The Bertz CT molecular complexity index is 576. The highest BCUT2D eigenvalue weighted by atomic mass is 127. The molecule has 0 aliphatic rings. The number of benzene rings is 1. The minimum Gasteiger partial charge on any atom is -0.450 e. The van der Waals surface area contributed by atoms with Crippen LogP contribution in [-0.4, -0.2) is 0 Å². The number of furan rings is 1. The summed E-state index contributed by atoms with van der Waals surface area (Å²) in [6, 6.07) is 13.6. The molecule has 84 valence electrons. The largest absolute Gasteiger partial charge is 0.450 e. The molecule has 1 aromatic carbocycles. The Morgan fingerprint density at radius 1 is 1.35 bits per heavy atom. The van der Waals surface area contributed by atoms with Crippen LogP contribution < -0.4 is 0 Å². The zero-order valence-electron chi connectivity index (χ0n) is 8.65. The standard InChI is InChI=1S/C13H7BrINO/c14-12-7-11(17-13(12)15)6-10(8-16)9-4-2-1-3-5-9/h1-7H. The van der Waals surface area contributed by atoms with E-state index in [1.54, 1.807) is 6.08 Å². The van der Waals surface area contributed by atoms with Gasteiger partial charge in [0.2, 0.25) is 0 Å². The van der Waals surface area contributed by atoms with E-state index in [9.17, 15) is 0 Å². The van der Waals surface area contributed by atoms with E-state index in [4.69, 9.17) is 9.68 Å². The molecule has 0 saturated heterocycles. The fourth-order valence-corrected chi connectivity index (χ4v) is 2.09. The molecule has 0 N–H and O–H groups in total. The summed E-state index contributed by atoms with van der Waals surface area (Å²) in [7, 11) is 0. The molecule has 2 rings (SSSR count). The van der Waals surface area contributed by atoms with Gasteiger partial charge in [0.15, 0.2) is 3.77 Å². The zero-order valence-corrected chi connectivity index (χ0v) is 12.4. The van der Waals surface area contributed by atoms with Crippen LogP contribution in [0.25, 0.3) is 11.6 Å². The molecule has 1 aromatic heterocycles. The van der Waals surface area contributed by atoms with Gasteiger partial charge in [0, 0.05) is 22.6 Å². The molecule has 0 radical (unpaired) electrons. The average molecular weight is 400 g/mol. The van der Waals surface area contributed by atoms with E-state index in [2.05, 4.69) is 44.6 Å². The molecule has 0 fully saturated rings. The molecule has 0 unspecified atom stereocenters. The van der Waals surface area contributed by atoms with Crippen LogP contribution in [0.5, 0.6) is 0 Å². The molecule has 0 spiro atoms. The molecule has 0 saturated carbocycles. The zero-order chi connectivity index (χ0) is 12.3. The molecule has 0 amide bonds. The van der Waals surface area contributed by atoms with E-state index in [0.29, 0.717) is 11.3 Å². The molecule has 1 heterocycles. The van der Waals surface area contributed by atoms with Gasteiger partial charge in [-0.2, -0.15) is 5.26 Å². The second kappa shape index (κ2) is 5.52. The van der Waals surface area contributed by atoms with E-state index < -0.39 is 0 Å². The lowest BCUT2D eigenvalue weighted by Gasteiger charge is -1.96. The summed E-state index contributed by atoms with van der Waals surface area (Å²) in [5.41, 5.74) is 1.47. The van der Waals surface area contributed by atoms with Gasteiger partial charge in [0.25, 0.3) is 0 Å². The maximum atomic E-state index is 9.14. The first-order chi connectivity index (χ1) is 8.20. The van der Waals surface area contributed by atoms with Crippen molar-refractivity contribution < 1.29 is 4.42 Å². The van der Waals surface area contributed by atoms with Crippen LogP contribution in [0.4, 0.5) is 0 Å². The Balaban J connectivity index is 2.41.